The molecule has 0 heterocycles. The minimum Gasteiger partial charge on any atom is -0.295 e. The zero-order chi connectivity index (χ0) is 18.6. The third kappa shape index (κ3) is 2.76. The summed E-state index contributed by atoms with van der Waals surface area (Å²) < 4.78 is 0. The highest BCUT2D eigenvalue weighted by Gasteiger charge is 2.58. The lowest BCUT2D eigenvalue weighted by atomic mass is 9.45. The van der Waals surface area contributed by atoms with E-state index in [4.69, 9.17) is 0 Å². The predicted molar refractivity (Wildman–Crippen MR) is 111 cm³/mol. The minimum atomic E-state index is 0.335. The fourth-order valence-electron chi connectivity index (χ4n) is 7.88. The molecule has 1 heteroatoms. The molecule has 0 N–H and O–H groups in total. The summed E-state index contributed by atoms with van der Waals surface area (Å²) in [5, 5.41) is 0. The Morgan fingerprint density at radius 2 is 1.78 bits per heavy atom. The van der Waals surface area contributed by atoms with Crippen LogP contribution in [-0.4, -0.2) is 5.78 Å². The number of hydrogen-bond acceptors (Lipinski definition) is 1. The monoisotopic (exact) mass is 362 g/mol. The molecule has 4 fully saturated rings. The first kappa shape index (κ1) is 17.7. The van der Waals surface area contributed by atoms with E-state index in [0.717, 1.165) is 36.2 Å². The van der Waals surface area contributed by atoms with Crippen molar-refractivity contribution < 1.29 is 4.79 Å². The summed E-state index contributed by atoms with van der Waals surface area (Å²) in [5.74, 6) is 3.73. The second-order valence-electron chi connectivity index (χ2n) is 10.6. The maximum absolute atomic E-state index is 12.9. The molecular weight excluding hydrogens is 328 g/mol. The second kappa shape index (κ2) is 6.33. The molecule has 1 nitrogen and oxygen atoms in total. The van der Waals surface area contributed by atoms with Crippen LogP contribution in [0, 0.1) is 34.5 Å². The summed E-state index contributed by atoms with van der Waals surface area (Å²) >= 11 is 0. The highest BCUT2D eigenvalue weighted by atomic mass is 16.1. The van der Waals surface area contributed by atoms with E-state index in [9.17, 15) is 4.79 Å². The standard InChI is InChI=1S/C26H34O/c1-25-13-6-9-22(25)21-11-10-20-16-24(27)19(15-18-7-4-3-5-8-18)17-26(20,2)23(21)12-14-25/h3-5,7-8,15,20-23H,6,9-14,16-17H2,1-2H3/b19-15-/t20-,21-,22+,23-,25+,26-/m0/s1. The Bertz CT molecular complexity index is 762. The van der Waals surface area contributed by atoms with Gasteiger partial charge in [0, 0.05) is 6.42 Å². The van der Waals surface area contributed by atoms with E-state index in [1.165, 1.54) is 50.5 Å². The Morgan fingerprint density at radius 1 is 0.963 bits per heavy atom. The highest BCUT2D eigenvalue weighted by molar-refractivity contribution is 6.00. The first-order valence-corrected chi connectivity index (χ1v) is 11.3. The zero-order valence-corrected chi connectivity index (χ0v) is 17.0. The van der Waals surface area contributed by atoms with E-state index >= 15 is 0 Å². The van der Waals surface area contributed by atoms with Gasteiger partial charge in [-0.25, -0.2) is 0 Å². The molecular formula is C26H34O. The molecule has 0 aromatic heterocycles. The first-order chi connectivity index (χ1) is 13.0. The number of carbonyl (C=O) groups is 1. The SMILES string of the molecule is C[C@]12CCC[C@@H]1[C@@H]1CC[C@H]3CC(=O)/C(=C\c4ccccc4)C[C@]3(C)[C@H]1CC2. The Morgan fingerprint density at radius 3 is 2.59 bits per heavy atom. The number of hydrogen-bond donors (Lipinski definition) is 0. The van der Waals surface area contributed by atoms with Crippen LogP contribution in [0.5, 0.6) is 0 Å². The van der Waals surface area contributed by atoms with Gasteiger partial charge in [-0.05, 0) is 96.7 Å². The van der Waals surface area contributed by atoms with Crippen molar-refractivity contribution in [3.8, 4) is 0 Å². The highest BCUT2D eigenvalue weighted by Crippen LogP contribution is 2.66. The number of rotatable bonds is 1. The summed E-state index contributed by atoms with van der Waals surface area (Å²) in [6.45, 7) is 5.14. The molecule has 0 saturated heterocycles. The van der Waals surface area contributed by atoms with Crippen LogP contribution in [0.25, 0.3) is 6.08 Å². The molecule has 0 unspecified atom stereocenters. The second-order valence-corrected chi connectivity index (χ2v) is 10.6. The van der Waals surface area contributed by atoms with Gasteiger partial charge in [0.2, 0.25) is 0 Å². The molecule has 0 radical (unpaired) electrons. The van der Waals surface area contributed by atoms with Crippen molar-refractivity contribution in [1.82, 2.24) is 0 Å². The van der Waals surface area contributed by atoms with Crippen molar-refractivity contribution in [3.63, 3.8) is 0 Å². The quantitative estimate of drug-likeness (QED) is 0.509. The number of benzene rings is 1. The third-order valence-electron chi connectivity index (χ3n) is 9.35. The number of ketones is 1. The van der Waals surface area contributed by atoms with Crippen molar-refractivity contribution >= 4 is 11.9 Å². The summed E-state index contributed by atoms with van der Waals surface area (Å²) in [7, 11) is 0. The predicted octanol–water partition coefficient (Wildman–Crippen LogP) is 6.68. The van der Waals surface area contributed by atoms with Gasteiger partial charge in [-0.2, -0.15) is 0 Å². The molecule has 144 valence electrons. The number of fused-ring (bicyclic) bond motifs is 5. The van der Waals surface area contributed by atoms with E-state index in [-0.39, 0.29) is 0 Å². The number of allylic oxidation sites excluding steroid dienone is 1. The van der Waals surface area contributed by atoms with Crippen LogP contribution in [0.2, 0.25) is 0 Å². The van der Waals surface area contributed by atoms with E-state index in [0.29, 0.717) is 22.5 Å². The van der Waals surface area contributed by atoms with E-state index < -0.39 is 0 Å². The number of carbonyl (C=O) groups excluding carboxylic acids is 1. The Labute approximate surface area is 164 Å². The zero-order valence-electron chi connectivity index (χ0n) is 17.0. The topological polar surface area (TPSA) is 17.1 Å². The third-order valence-corrected chi connectivity index (χ3v) is 9.35. The fraction of sp³-hybridized carbons (Fsp3) is 0.654. The largest absolute Gasteiger partial charge is 0.295 e. The normalized spacial score (nSPS) is 45.3. The Kier molecular flexibility index (Phi) is 4.15. The molecule has 6 atom stereocenters. The molecule has 27 heavy (non-hydrogen) atoms. The first-order valence-electron chi connectivity index (χ1n) is 11.3. The van der Waals surface area contributed by atoms with Crippen LogP contribution in [-0.2, 0) is 4.79 Å². The number of Topliss-reactive ketones (excluding diaryl/α,β-unsaturated/α-hetero) is 1. The summed E-state index contributed by atoms with van der Waals surface area (Å²) in [5.41, 5.74) is 3.24. The van der Waals surface area contributed by atoms with Crippen LogP contribution < -0.4 is 0 Å². The van der Waals surface area contributed by atoms with E-state index in [2.05, 4.69) is 50.3 Å². The van der Waals surface area contributed by atoms with Gasteiger partial charge in [-0.15, -0.1) is 0 Å². The molecule has 0 aliphatic heterocycles. The summed E-state index contributed by atoms with van der Waals surface area (Å²) in [6.07, 6.45) is 13.9. The van der Waals surface area contributed by atoms with Gasteiger partial charge in [0.1, 0.15) is 0 Å². The molecule has 0 spiro atoms. The van der Waals surface area contributed by atoms with Gasteiger partial charge >= 0.3 is 0 Å². The van der Waals surface area contributed by atoms with Gasteiger partial charge in [0.15, 0.2) is 5.78 Å². The average molecular weight is 363 g/mol. The Balaban J connectivity index is 1.46. The van der Waals surface area contributed by atoms with Crippen LogP contribution >= 0.6 is 0 Å². The maximum atomic E-state index is 12.9. The van der Waals surface area contributed by atoms with E-state index in [1.54, 1.807) is 0 Å². The summed E-state index contributed by atoms with van der Waals surface area (Å²) in [4.78, 5) is 12.9. The van der Waals surface area contributed by atoms with Crippen molar-refractivity contribution in [2.75, 3.05) is 0 Å². The van der Waals surface area contributed by atoms with Crippen LogP contribution in [0.15, 0.2) is 35.9 Å². The molecule has 4 aliphatic carbocycles. The lowest BCUT2D eigenvalue weighted by molar-refractivity contribution is -0.130. The van der Waals surface area contributed by atoms with Gasteiger partial charge in [-0.3, -0.25) is 4.79 Å². The lowest BCUT2D eigenvalue weighted by Crippen LogP contribution is -2.53. The molecule has 4 aliphatic rings. The molecule has 0 bridgehead atoms. The molecule has 0 amide bonds. The van der Waals surface area contributed by atoms with Gasteiger partial charge < -0.3 is 0 Å². The summed E-state index contributed by atoms with van der Waals surface area (Å²) in [6, 6.07) is 10.5. The smallest absolute Gasteiger partial charge is 0.159 e. The minimum absolute atomic E-state index is 0.335. The van der Waals surface area contributed by atoms with Crippen LogP contribution in [0.4, 0.5) is 0 Å². The fourth-order valence-corrected chi connectivity index (χ4v) is 7.88. The van der Waals surface area contributed by atoms with E-state index in [1.807, 2.05) is 0 Å². The molecule has 5 rings (SSSR count). The van der Waals surface area contributed by atoms with Gasteiger partial charge in [0.25, 0.3) is 0 Å². The average Bonchev–Trinajstić information content (AvgIpc) is 3.05. The van der Waals surface area contributed by atoms with Crippen LogP contribution in [0.3, 0.4) is 0 Å². The van der Waals surface area contributed by atoms with Crippen molar-refractivity contribution in [1.29, 1.82) is 0 Å². The van der Waals surface area contributed by atoms with Gasteiger partial charge in [0.05, 0.1) is 0 Å². The van der Waals surface area contributed by atoms with Crippen molar-refractivity contribution in [2.24, 2.45) is 34.5 Å². The van der Waals surface area contributed by atoms with Crippen LogP contribution in [0.1, 0.15) is 77.2 Å². The molecule has 1 aromatic carbocycles. The molecule has 1 aromatic rings. The maximum Gasteiger partial charge on any atom is 0.159 e. The van der Waals surface area contributed by atoms with Crippen molar-refractivity contribution in [3.05, 3.63) is 41.5 Å². The molecule has 4 saturated carbocycles. The Hall–Kier alpha value is -1.37. The lowest BCUT2D eigenvalue weighted by Gasteiger charge is -2.60. The van der Waals surface area contributed by atoms with Crippen molar-refractivity contribution in [2.45, 2.75) is 71.6 Å². The van der Waals surface area contributed by atoms with Gasteiger partial charge in [-0.1, -0.05) is 50.6 Å².